The summed E-state index contributed by atoms with van der Waals surface area (Å²) >= 11 is 5.92. The molecular formula is C15H17ClN2O2S. The first kappa shape index (κ1) is 15.8. The molecule has 0 spiro atoms. The van der Waals surface area contributed by atoms with Gasteiger partial charge in [-0.2, -0.15) is 0 Å². The Bertz CT molecular complexity index is 728. The lowest BCUT2D eigenvalue weighted by Gasteiger charge is -2.10. The molecule has 0 aliphatic carbocycles. The van der Waals surface area contributed by atoms with Crippen LogP contribution in [0, 0.1) is 6.92 Å². The molecule has 0 unspecified atom stereocenters. The van der Waals surface area contributed by atoms with Gasteiger partial charge in [0.05, 0.1) is 5.75 Å². The molecule has 0 atom stereocenters. The van der Waals surface area contributed by atoms with Crippen molar-refractivity contribution in [2.24, 2.45) is 5.14 Å². The molecule has 0 heterocycles. The number of primary sulfonamides is 1. The topological polar surface area (TPSA) is 72.2 Å². The monoisotopic (exact) mass is 324 g/mol. The third kappa shape index (κ3) is 5.04. The molecule has 2 rings (SSSR count). The quantitative estimate of drug-likeness (QED) is 0.888. The molecule has 112 valence electrons. The van der Waals surface area contributed by atoms with Crippen molar-refractivity contribution in [3.63, 3.8) is 0 Å². The second-order valence-corrected chi connectivity index (χ2v) is 6.98. The van der Waals surface area contributed by atoms with Gasteiger partial charge < -0.3 is 5.32 Å². The fourth-order valence-electron chi connectivity index (χ4n) is 2.01. The zero-order valence-electron chi connectivity index (χ0n) is 11.6. The van der Waals surface area contributed by atoms with Crippen LogP contribution in [-0.2, 0) is 22.3 Å². The number of benzene rings is 2. The van der Waals surface area contributed by atoms with E-state index in [2.05, 4.69) is 5.32 Å². The maximum absolute atomic E-state index is 11.0. The van der Waals surface area contributed by atoms with Gasteiger partial charge in [-0.1, -0.05) is 29.8 Å². The van der Waals surface area contributed by atoms with E-state index in [9.17, 15) is 8.42 Å². The standard InChI is InChI=1S/C15H17ClN2O2S/c1-11-8-14(16)5-4-13(11)9-18-15-6-2-12(3-7-15)10-21(17,19)20/h2-8,18H,9-10H2,1H3,(H2,17,19,20). The summed E-state index contributed by atoms with van der Waals surface area (Å²) in [5.74, 6) is -0.149. The molecule has 21 heavy (non-hydrogen) atoms. The molecule has 0 aliphatic heterocycles. The molecule has 2 aromatic rings. The van der Waals surface area contributed by atoms with Gasteiger partial charge in [0.1, 0.15) is 0 Å². The van der Waals surface area contributed by atoms with E-state index in [0.717, 1.165) is 21.8 Å². The number of nitrogens with one attached hydrogen (secondary N) is 1. The van der Waals surface area contributed by atoms with E-state index in [-0.39, 0.29) is 5.75 Å². The van der Waals surface area contributed by atoms with Crippen molar-refractivity contribution in [2.45, 2.75) is 19.2 Å². The van der Waals surface area contributed by atoms with Crippen LogP contribution >= 0.6 is 11.6 Å². The van der Waals surface area contributed by atoms with Crippen molar-refractivity contribution in [3.05, 3.63) is 64.2 Å². The molecule has 0 aliphatic rings. The summed E-state index contributed by atoms with van der Waals surface area (Å²) < 4.78 is 22.0. The van der Waals surface area contributed by atoms with E-state index in [4.69, 9.17) is 16.7 Å². The van der Waals surface area contributed by atoms with Crippen molar-refractivity contribution < 1.29 is 8.42 Å². The van der Waals surface area contributed by atoms with Gasteiger partial charge in [0.25, 0.3) is 0 Å². The number of hydrogen-bond acceptors (Lipinski definition) is 3. The smallest absolute Gasteiger partial charge is 0.213 e. The SMILES string of the molecule is Cc1cc(Cl)ccc1CNc1ccc(CS(N)(=O)=O)cc1. The average Bonchev–Trinajstić information content (AvgIpc) is 2.38. The van der Waals surface area contributed by atoms with Crippen molar-refractivity contribution in [2.75, 3.05) is 5.32 Å². The molecule has 0 fully saturated rings. The van der Waals surface area contributed by atoms with Crippen LogP contribution in [0.4, 0.5) is 5.69 Å². The minimum atomic E-state index is -3.49. The molecular weight excluding hydrogens is 308 g/mol. The molecule has 6 heteroatoms. The minimum absolute atomic E-state index is 0.149. The first-order valence-electron chi connectivity index (χ1n) is 6.42. The van der Waals surface area contributed by atoms with Gasteiger partial charge in [-0.05, 0) is 47.9 Å². The zero-order valence-corrected chi connectivity index (χ0v) is 13.2. The molecule has 2 aromatic carbocycles. The van der Waals surface area contributed by atoms with Gasteiger partial charge in [0.2, 0.25) is 10.0 Å². The summed E-state index contributed by atoms with van der Waals surface area (Å²) in [5, 5.41) is 9.03. The van der Waals surface area contributed by atoms with Gasteiger partial charge in [-0.15, -0.1) is 0 Å². The number of aryl methyl sites for hydroxylation is 1. The van der Waals surface area contributed by atoms with Crippen molar-refractivity contribution in [1.82, 2.24) is 0 Å². The summed E-state index contributed by atoms with van der Waals surface area (Å²) in [6, 6.07) is 13.0. The maximum atomic E-state index is 11.0. The van der Waals surface area contributed by atoms with E-state index < -0.39 is 10.0 Å². The Morgan fingerprint density at radius 1 is 1.14 bits per heavy atom. The van der Waals surface area contributed by atoms with Crippen LogP contribution in [0.2, 0.25) is 5.02 Å². The van der Waals surface area contributed by atoms with Crippen LogP contribution in [0.25, 0.3) is 0 Å². The fraction of sp³-hybridized carbons (Fsp3) is 0.200. The summed E-state index contributed by atoms with van der Waals surface area (Å²) in [4.78, 5) is 0. The van der Waals surface area contributed by atoms with Crippen molar-refractivity contribution in [3.8, 4) is 0 Å². The number of halogens is 1. The van der Waals surface area contributed by atoms with Gasteiger partial charge in [0.15, 0.2) is 0 Å². The molecule has 0 aromatic heterocycles. The van der Waals surface area contributed by atoms with Gasteiger partial charge in [-0.25, -0.2) is 13.6 Å². The average molecular weight is 325 g/mol. The first-order valence-corrected chi connectivity index (χ1v) is 8.51. The third-order valence-corrected chi connectivity index (χ3v) is 4.08. The Hall–Kier alpha value is -1.56. The highest BCUT2D eigenvalue weighted by molar-refractivity contribution is 7.88. The van der Waals surface area contributed by atoms with Crippen LogP contribution in [0.3, 0.4) is 0 Å². The summed E-state index contributed by atoms with van der Waals surface area (Å²) in [6.07, 6.45) is 0. The molecule has 0 saturated carbocycles. The van der Waals surface area contributed by atoms with Gasteiger partial charge in [-0.3, -0.25) is 0 Å². The maximum Gasteiger partial charge on any atom is 0.213 e. The Labute approximate surface area is 130 Å². The van der Waals surface area contributed by atoms with Crippen molar-refractivity contribution in [1.29, 1.82) is 0 Å². The second kappa shape index (κ2) is 6.47. The van der Waals surface area contributed by atoms with Crippen LogP contribution in [-0.4, -0.2) is 8.42 Å². The van der Waals surface area contributed by atoms with Gasteiger partial charge in [0, 0.05) is 17.3 Å². The predicted molar refractivity (Wildman–Crippen MR) is 86.8 cm³/mol. The van der Waals surface area contributed by atoms with Crippen molar-refractivity contribution >= 4 is 27.3 Å². The highest BCUT2D eigenvalue weighted by Gasteiger charge is 2.05. The lowest BCUT2D eigenvalue weighted by molar-refractivity contribution is 0.597. The van der Waals surface area contributed by atoms with Crippen LogP contribution in [0.15, 0.2) is 42.5 Å². The zero-order chi connectivity index (χ0) is 15.5. The van der Waals surface area contributed by atoms with Crippen LogP contribution in [0.1, 0.15) is 16.7 Å². The normalized spacial score (nSPS) is 11.4. The highest BCUT2D eigenvalue weighted by Crippen LogP contribution is 2.17. The summed E-state index contributed by atoms with van der Waals surface area (Å²) in [5.41, 5.74) is 3.88. The minimum Gasteiger partial charge on any atom is -0.381 e. The van der Waals surface area contributed by atoms with E-state index in [1.807, 2.05) is 37.3 Å². The number of sulfonamides is 1. The van der Waals surface area contributed by atoms with E-state index in [1.54, 1.807) is 12.1 Å². The molecule has 3 N–H and O–H groups in total. The number of rotatable bonds is 5. The Kier molecular flexibility index (Phi) is 4.88. The highest BCUT2D eigenvalue weighted by atomic mass is 35.5. The molecule has 0 bridgehead atoms. The Morgan fingerprint density at radius 2 is 1.81 bits per heavy atom. The van der Waals surface area contributed by atoms with E-state index >= 15 is 0 Å². The number of nitrogens with two attached hydrogens (primary N) is 1. The van der Waals surface area contributed by atoms with Crippen LogP contribution in [0.5, 0.6) is 0 Å². The first-order chi connectivity index (χ1) is 9.83. The predicted octanol–water partition coefficient (Wildman–Crippen LogP) is 3.05. The lowest BCUT2D eigenvalue weighted by Crippen LogP contribution is -2.14. The van der Waals surface area contributed by atoms with Gasteiger partial charge >= 0.3 is 0 Å². The third-order valence-electron chi connectivity index (χ3n) is 3.11. The Balaban J connectivity index is 2.00. The molecule has 0 radical (unpaired) electrons. The molecule has 4 nitrogen and oxygen atoms in total. The summed E-state index contributed by atoms with van der Waals surface area (Å²) in [7, 11) is -3.49. The van der Waals surface area contributed by atoms with E-state index in [0.29, 0.717) is 12.1 Å². The fourth-order valence-corrected chi connectivity index (χ4v) is 2.89. The number of anilines is 1. The lowest BCUT2D eigenvalue weighted by atomic mass is 10.1. The molecule has 0 amide bonds. The second-order valence-electron chi connectivity index (χ2n) is 4.93. The van der Waals surface area contributed by atoms with Crippen LogP contribution < -0.4 is 10.5 Å². The van der Waals surface area contributed by atoms with E-state index in [1.165, 1.54) is 0 Å². The Morgan fingerprint density at radius 3 is 2.38 bits per heavy atom. The number of hydrogen-bond donors (Lipinski definition) is 2. The summed E-state index contributed by atoms with van der Waals surface area (Å²) in [6.45, 7) is 2.69. The molecule has 0 saturated heterocycles. The largest absolute Gasteiger partial charge is 0.381 e.